The molecule has 1 aromatic carbocycles. The molecule has 1 aliphatic rings. The van der Waals surface area contributed by atoms with Crippen LogP contribution in [0.2, 0.25) is 0 Å². The molecule has 18 heavy (non-hydrogen) atoms. The molecule has 0 bridgehead atoms. The van der Waals surface area contributed by atoms with Crippen LogP contribution in [0.15, 0.2) is 18.2 Å². The van der Waals surface area contributed by atoms with E-state index in [9.17, 15) is 14.5 Å². The highest BCUT2D eigenvalue weighted by molar-refractivity contribution is 5.63. The lowest BCUT2D eigenvalue weighted by Gasteiger charge is -2.28. The minimum atomic E-state index is -0.494. The molecule has 1 aliphatic carbocycles. The second-order valence-electron chi connectivity index (χ2n) is 4.64. The average molecular weight is 253 g/mol. The zero-order valence-electron chi connectivity index (χ0n) is 10.2. The molecule has 0 aliphatic heterocycles. The summed E-state index contributed by atoms with van der Waals surface area (Å²) in [7, 11) is 1.73. The number of nitrogens with zero attached hydrogens (tertiary/aromatic N) is 2. The van der Waals surface area contributed by atoms with Crippen molar-refractivity contribution in [1.82, 2.24) is 0 Å². The van der Waals surface area contributed by atoms with Crippen LogP contribution >= 0.6 is 0 Å². The number of nitro groups is 1. The van der Waals surface area contributed by atoms with Gasteiger partial charge in [-0.2, -0.15) is 0 Å². The summed E-state index contributed by atoms with van der Waals surface area (Å²) >= 11 is 0. The Hall–Kier alpha value is -1.69. The molecule has 0 amide bonds. The fraction of sp³-hybridized carbons (Fsp3) is 0.500. The SMILES string of the molecule is CN(c1cc(F)ccc1[N+](=O)[O-])C(CN)C1CC1. The lowest BCUT2D eigenvalue weighted by molar-refractivity contribution is -0.384. The molecule has 1 atom stereocenters. The summed E-state index contributed by atoms with van der Waals surface area (Å²) < 4.78 is 13.3. The van der Waals surface area contributed by atoms with Gasteiger partial charge in [-0.25, -0.2) is 4.39 Å². The molecule has 0 spiro atoms. The predicted molar refractivity (Wildman–Crippen MR) is 67.0 cm³/mol. The van der Waals surface area contributed by atoms with Crippen LogP contribution in [0.5, 0.6) is 0 Å². The summed E-state index contributed by atoms with van der Waals surface area (Å²) in [5, 5.41) is 11.0. The Labute approximate surface area is 105 Å². The van der Waals surface area contributed by atoms with Gasteiger partial charge in [-0.05, 0) is 24.8 Å². The van der Waals surface area contributed by atoms with Crippen molar-refractivity contribution >= 4 is 11.4 Å². The standard InChI is InChI=1S/C12H16FN3O2/c1-15(12(7-14)8-2-3-8)11-6-9(13)4-5-10(11)16(17)18/h4-6,8,12H,2-3,7,14H2,1H3. The third-order valence-corrected chi connectivity index (χ3v) is 3.42. The van der Waals surface area contributed by atoms with Gasteiger partial charge in [0.05, 0.1) is 4.92 Å². The van der Waals surface area contributed by atoms with Crippen molar-refractivity contribution in [3.63, 3.8) is 0 Å². The number of nitro benzene ring substituents is 1. The lowest BCUT2D eigenvalue weighted by atomic mass is 10.1. The van der Waals surface area contributed by atoms with E-state index in [1.54, 1.807) is 11.9 Å². The normalized spacial score (nSPS) is 16.4. The van der Waals surface area contributed by atoms with Gasteiger partial charge in [0.25, 0.3) is 5.69 Å². The fourth-order valence-electron chi connectivity index (χ4n) is 2.26. The number of hydrogen-bond donors (Lipinski definition) is 1. The van der Waals surface area contributed by atoms with Crippen molar-refractivity contribution < 1.29 is 9.31 Å². The first-order valence-electron chi connectivity index (χ1n) is 5.91. The molecule has 0 heterocycles. The largest absolute Gasteiger partial charge is 0.364 e. The van der Waals surface area contributed by atoms with Crippen LogP contribution in [0.4, 0.5) is 15.8 Å². The van der Waals surface area contributed by atoms with E-state index in [4.69, 9.17) is 5.73 Å². The molecule has 98 valence electrons. The van der Waals surface area contributed by atoms with E-state index in [1.165, 1.54) is 12.1 Å². The topological polar surface area (TPSA) is 72.4 Å². The molecule has 2 rings (SSSR count). The Kier molecular flexibility index (Phi) is 3.47. The van der Waals surface area contributed by atoms with Crippen LogP contribution in [0.1, 0.15) is 12.8 Å². The molecule has 1 aromatic rings. The monoisotopic (exact) mass is 253 g/mol. The smallest absolute Gasteiger partial charge is 0.292 e. The number of hydrogen-bond acceptors (Lipinski definition) is 4. The van der Waals surface area contributed by atoms with Gasteiger partial charge in [0, 0.05) is 31.8 Å². The van der Waals surface area contributed by atoms with Gasteiger partial charge in [0.2, 0.25) is 0 Å². The average Bonchev–Trinajstić information content (AvgIpc) is 3.13. The van der Waals surface area contributed by atoms with Crippen molar-refractivity contribution in [1.29, 1.82) is 0 Å². The van der Waals surface area contributed by atoms with Crippen molar-refractivity contribution in [2.45, 2.75) is 18.9 Å². The third kappa shape index (κ3) is 2.43. The van der Waals surface area contributed by atoms with Gasteiger partial charge in [-0.1, -0.05) is 0 Å². The maximum absolute atomic E-state index is 13.3. The van der Waals surface area contributed by atoms with E-state index >= 15 is 0 Å². The first-order valence-corrected chi connectivity index (χ1v) is 5.91. The van der Waals surface area contributed by atoms with E-state index in [1.807, 2.05) is 0 Å². The maximum atomic E-state index is 13.3. The second kappa shape index (κ2) is 4.89. The molecular weight excluding hydrogens is 237 g/mol. The molecule has 1 saturated carbocycles. The molecule has 1 unspecified atom stereocenters. The molecule has 0 aromatic heterocycles. The fourth-order valence-corrected chi connectivity index (χ4v) is 2.26. The summed E-state index contributed by atoms with van der Waals surface area (Å²) in [6.45, 7) is 0.412. The van der Waals surface area contributed by atoms with Gasteiger partial charge in [0.15, 0.2) is 0 Å². The number of halogens is 1. The van der Waals surface area contributed by atoms with Gasteiger partial charge in [-0.15, -0.1) is 0 Å². The Morgan fingerprint density at radius 1 is 1.61 bits per heavy atom. The number of rotatable bonds is 5. The highest BCUT2D eigenvalue weighted by atomic mass is 19.1. The Bertz CT molecular complexity index is 463. The van der Waals surface area contributed by atoms with Crippen LogP contribution in [-0.2, 0) is 0 Å². The summed E-state index contributed by atoms with van der Waals surface area (Å²) in [5.41, 5.74) is 5.92. The van der Waals surface area contributed by atoms with Gasteiger partial charge >= 0.3 is 0 Å². The minimum Gasteiger partial charge on any atom is -0.364 e. The van der Waals surface area contributed by atoms with Crippen LogP contribution in [-0.4, -0.2) is 24.6 Å². The van der Waals surface area contributed by atoms with E-state index < -0.39 is 10.7 Å². The summed E-state index contributed by atoms with van der Waals surface area (Å²) in [6, 6.07) is 3.53. The van der Waals surface area contributed by atoms with Crippen molar-refractivity contribution in [2.75, 3.05) is 18.5 Å². The van der Waals surface area contributed by atoms with Crippen molar-refractivity contribution in [3.05, 3.63) is 34.1 Å². The summed E-state index contributed by atoms with van der Waals surface area (Å²) in [6.07, 6.45) is 2.16. The third-order valence-electron chi connectivity index (χ3n) is 3.42. The molecule has 6 heteroatoms. The number of anilines is 1. The van der Waals surface area contributed by atoms with Crippen LogP contribution < -0.4 is 10.6 Å². The maximum Gasteiger partial charge on any atom is 0.292 e. The van der Waals surface area contributed by atoms with Gasteiger partial charge < -0.3 is 10.6 Å². The first-order chi connectivity index (χ1) is 8.54. The zero-order valence-corrected chi connectivity index (χ0v) is 10.2. The Morgan fingerprint density at radius 2 is 2.28 bits per heavy atom. The molecular formula is C12H16FN3O2. The molecule has 5 nitrogen and oxygen atoms in total. The number of likely N-dealkylation sites (N-methyl/N-ethyl adjacent to an activating group) is 1. The van der Waals surface area contributed by atoms with Gasteiger partial charge in [-0.3, -0.25) is 10.1 Å². The molecule has 0 radical (unpaired) electrons. The van der Waals surface area contributed by atoms with E-state index in [0.29, 0.717) is 18.2 Å². The molecule has 0 saturated heterocycles. The Balaban J connectivity index is 2.35. The Morgan fingerprint density at radius 3 is 2.78 bits per heavy atom. The minimum absolute atomic E-state index is 0.0329. The molecule has 2 N–H and O–H groups in total. The first kappa shape index (κ1) is 12.8. The summed E-state index contributed by atoms with van der Waals surface area (Å²) in [4.78, 5) is 12.2. The lowest BCUT2D eigenvalue weighted by Crippen LogP contribution is -2.40. The van der Waals surface area contributed by atoms with Crippen LogP contribution in [0, 0.1) is 21.8 Å². The second-order valence-corrected chi connectivity index (χ2v) is 4.64. The van der Waals surface area contributed by atoms with E-state index in [-0.39, 0.29) is 11.7 Å². The van der Waals surface area contributed by atoms with Gasteiger partial charge in [0.1, 0.15) is 11.5 Å². The van der Waals surface area contributed by atoms with Crippen molar-refractivity contribution in [2.24, 2.45) is 11.7 Å². The molecule has 1 fully saturated rings. The highest BCUT2D eigenvalue weighted by Gasteiger charge is 2.35. The van der Waals surface area contributed by atoms with Crippen molar-refractivity contribution in [3.8, 4) is 0 Å². The van der Waals surface area contributed by atoms with E-state index in [2.05, 4.69) is 0 Å². The zero-order chi connectivity index (χ0) is 13.3. The quantitative estimate of drug-likeness (QED) is 0.642. The predicted octanol–water partition coefficient (Wildman–Crippen LogP) is 1.91. The van der Waals surface area contributed by atoms with Crippen LogP contribution in [0.25, 0.3) is 0 Å². The highest BCUT2D eigenvalue weighted by Crippen LogP contribution is 2.38. The number of nitrogens with two attached hydrogens (primary N) is 1. The summed E-state index contributed by atoms with van der Waals surface area (Å²) in [5.74, 6) is -0.0168. The van der Waals surface area contributed by atoms with Crippen LogP contribution in [0.3, 0.4) is 0 Å². The van der Waals surface area contributed by atoms with E-state index in [0.717, 1.165) is 18.9 Å². The number of benzene rings is 1.